The normalized spacial score (nSPS) is 11.5. The average Bonchev–Trinajstić information content (AvgIpc) is 2.61. The Morgan fingerprint density at radius 1 is 1.04 bits per heavy atom. The van der Waals surface area contributed by atoms with Crippen LogP contribution in [0.25, 0.3) is 21.7 Å². The molecule has 0 amide bonds. The fraction of sp³-hybridized carbons (Fsp3) is 0. The molecule has 0 spiro atoms. The van der Waals surface area contributed by atoms with Gasteiger partial charge in [-0.3, -0.25) is 19.8 Å². The van der Waals surface area contributed by atoms with E-state index < -0.39 is 0 Å². The molecule has 2 aromatic carbocycles. The Bertz CT molecular complexity index is 1150. The van der Waals surface area contributed by atoms with Gasteiger partial charge in [-0.05, 0) is 30.3 Å². The third-order valence-corrected chi connectivity index (χ3v) is 3.88. The number of aromatic nitrogens is 2. The maximum atomic E-state index is 11.9. The number of fused-ring (bicyclic) bond motifs is 2. The molecule has 2 N–H and O–H groups in total. The zero-order chi connectivity index (χ0) is 16.5. The molecule has 0 unspecified atom stereocenters. The summed E-state index contributed by atoms with van der Waals surface area (Å²) in [6.45, 7) is 0. The molecule has 4 aromatic rings. The summed E-state index contributed by atoms with van der Waals surface area (Å²) >= 11 is 0. The quantitative estimate of drug-likeness (QED) is 0.555. The Kier molecular flexibility index (Phi) is 3.31. The molecule has 0 saturated carbocycles. The van der Waals surface area contributed by atoms with Crippen molar-refractivity contribution < 1.29 is 5.11 Å². The Morgan fingerprint density at radius 2 is 1.88 bits per heavy atom. The van der Waals surface area contributed by atoms with Crippen molar-refractivity contribution in [2.75, 3.05) is 0 Å². The number of nitrogens with one attached hydrogen (secondary N) is 1. The summed E-state index contributed by atoms with van der Waals surface area (Å²) < 4.78 is 0. The number of hydrogen-bond acceptors (Lipinski definition) is 4. The van der Waals surface area contributed by atoms with E-state index in [1.165, 1.54) is 0 Å². The molecule has 0 radical (unpaired) electrons. The molecule has 0 aliphatic rings. The van der Waals surface area contributed by atoms with Crippen LogP contribution in [0.1, 0.15) is 5.56 Å². The number of aromatic amines is 1. The number of hydrogen-bond donors (Lipinski definition) is 2. The molecule has 0 aliphatic carbocycles. The van der Waals surface area contributed by atoms with Gasteiger partial charge in [-0.15, -0.1) is 0 Å². The third kappa shape index (κ3) is 2.42. The molecule has 5 heteroatoms. The van der Waals surface area contributed by atoms with Crippen molar-refractivity contribution in [2.24, 2.45) is 4.99 Å². The SMILES string of the molecule is O=c1[nH]c(O)c(C=Nc2ccc3ncccc3c2)c2ccccc12. The molecular weight excluding hydrogens is 302 g/mol. The summed E-state index contributed by atoms with van der Waals surface area (Å²) in [5.74, 6) is -0.190. The fourth-order valence-electron chi connectivity index (χ4n) is 2.70. The van der Waals surface area contributed by atoms with Crippen LogP contribution < -0.4 is 5.56 Å². The van der Waals surface area contributed by atoms with Crippen molar-refractivity contribution in [3.8, 4) is 5.88 Å². The van der Waals surface area contributed by atoms with E-state index >= 15 is 0 Å². The minimum absolute atomic E-state index is 0.190. The minimum atomic E-state index is -0.322. The van der Waals surface area contributed by atoms with Crippen LogP contribution in [0.3, 0.4) is 0 Å². The van der Waals surface area contributed by atoms with Crippen LogP contribution in [0.2, 0.25) is 0 Å². The van der Waals surface area contributed by atoms with Gasteiger partial charge in [-0.2, -0.15) is 0 Å². The highest BCUT2D eigenvalue weighted by Crippen LogP contribution is 2.23. The van der Waals surface area contributed by atoms with Crippen molar-refractivity contribution in [3.63, 3.8) is 0 Å². The summed E-state index contributed by atoms with van der Waals surface area (Å²) in [6, 6.07) is 16.6. The zero-order valence-corrected chi connectivity index (χ0v) is 12.6. The highest BCUT2D eigenvalue weighted by atomic mass is 16.3. The Labute approximate surface area is 137 Å². The molecule has 0 aliphatic heterocycles. The van der Waals surface area contributed by atoms with E-state index in [9.17, 15) is 9.90 Å². The lowest BCUT2D eigenvalue weighted by Crippen LogP contribution is -2.07. The van der Waals surface area contributed by atoms with Crippen LogP contribution in [-0.2, 0) is 0 Å². The van der Waals surface area contributed by atoms with E-state index in [2.05, 4.69) is 15.0 Å². The lowest BCUT2D eigenvalue weighted by atomic mass is 10.1. The summed E-state index contributed by atoms with van der Waals surface area (Å²) in [4.78, 5) is 23.1. The van der Waals surface area contributed by atoms with Gasteiger partial charge in [0.15, 0.2) is 0 Å². The Morgan fingerprint density at radius 3 is 2.75 bits per heavy atom. The molecule has 0 bridgehead atoms. The molecule has 0 saturated heterocycles. The highest BCUT2D eigenvalue weighted by molar-refractivity contribution is 6.02. The smallest absolute Gasteiger partial charge is 0.258 e. The maximum absolute atomic E-state index is 11.9. The van der Waals surface area contributed by atoms with Crippen LogP contribution >= 0.6 is 0 Å². The van der Waals surface area contributed by atoms with Gasteiger partial charge in [0.05, 0.1) is 16.8 Å². The molecule has 2 heterocycles. The van der Waals surface area contributed by atoms with Crippen LogP contribution in [-0.4, -0.2) is 21.3 Å². The van der Waals surface area contributed by atoms with Gasteiger partial charge in [0.2, 0.25) is 5.88 Å². The first-order chi connectivity index (χ1) is 11.7. The van der Waals surface area contributed by atoms with Crippen LogP contribution in [0.15, 0.2) is 70.6 Å². The molecular formula is C19H13N3O2. The van der Waals surface area contributed by atoms with E-state index in [0.29, 0.717) is 16.3 Å². The topological polar surface area (TPSA) is 78.3 Å². The van der Waals surface area contributed by atoms with Crippen LogP contribution in [0.4, 0.5) is 5.69 Å². The Hall–Kier alpha value is -3.47. The van der Waals surface area contributed by atoms with Gasteiger partial charge in [0.1, 0.15) is 0 Å². The number of pyridine rings is 2. The largest absolute Gasteiger partial charge is 0.494 e. The van der Waals surface area contributed by atoms with Gasteiger partial charge < -0.3 is 5.11 Å². The molecule has 116 valence electrons. The molecule has 0 fully saturated rings. The van der Waals surface area contributed by atoms with Crippen molar-refractivity contribution in [3.05, 3.63) is 76.7 Å². The summed E-state index contributed by atoms with van der Waals surface area (Å²) in [7, 11) is 0. The second kappa shape index (κ2) is 5.62. The first-order valence-electron chi connectivity index (χ1n) is 7.45. The lowest BCUT2D eigenvalue weighted by Gasteiger charge is -2.04. The predicted octanol–water partition coefficient (Wildman–Crippen LogP) is 3.53. The summed E-state index contributed by atoms with van der Waals surface area (Å²) in [5, 5.41) is 12.2. The number of aromatic hydroxyl groups is 1. The lowest BCUT2D eigenvalue weighted by molar-refractivity contribution is 0.452. The first kappa shape index (κ1) is 14.1. The second-order valence-electron chi connectivity index (χ2n) is 5.40. The van der Waals surface area contributed by atoms with Crippen molar-refractivity contribution in [1.29, 1.82) is 0 Å². The second-order valence-corrected chi connectivity index (χ2v) is 5.40. The van der Waals surface area contributed by atoms with Crippen LogP contribution in [0.5, 0.6) is 5.88 Å². The van der Waals surface area contributed by atoms with E-state index in [1.54, 1.807) is 30.6 Å². The van der Waals surface area contributed by atoms with Gasteiger partial charge in [-0.25, -0.2) is 0 Å². The molecule has 0 atom stereocenters. The van der Waals surface area contributed by atoms with Crippen molar-refractivity contribution >= 4 is 33.6 Å². The number of rotatable bonds is 2. The van der Waals surface area contributed by atoms with E-state index in [-0.39, 0.29) is 11.4 Å². The standard InChI is InChI=1S/C19H13N3O2/c23-18-15-6-2-1-5-14(15)16(19(24)22-18)11-21-13-7-8-17-12(10-13)4-3-9-20-17/h1-11H,(H2,22,23,24). The van der Waals surface area contributed by atoms with Gasteiger partial charge in [-0.1, -0.05) is 24.3 Å². The molecule has 24 heavy (non-hydrogen) atoms. The van der Waals surface area contributed by atoms with Crippen molar-refractivity contribution in [1.82, 2.24) is 9.97 Å². The van der Waals surface area contributed by atoms with Crippen molar-refractivity contribution in [2.45, 2.75) is 0 Å². The maximum Gasteiger partial charge on any atom is 0.258 e. The first-order valence-corrected chi connectivity index (χ1v) is 7.45. The zero-order valence-electron chi connectivity index (χ0n) is 12.6. The van der Waals surface area contributed by atoms with E-state index in [4.69, 9.17) is 0 Å². The molecule has 4 rings (SSSR count). The predicted molar refractivity (Wildman–Crippen MR) is 95.2 cm³/mol. The van der Waals surface area contributed by atoms with E-state index in [0.717, 1.165) is 16.6 Å². The van der Waals surface area contributed by atoms with Gasteiger partial charge in [0, 0.05) is 28.6 Å². The molecule has 2 aromatic heterocycles. The minimum Gasteiger partial charge on any atom is -0.494 e. The summed E-state index contributed by atoms with van der Waals surface area (Å²) in [5.41, 5.74) is 1.80. The average molecular weight is 315 g/mol. The van der Waals surface area contributed by atoms with Gasteiger partial charge in [0.25, 0.3) is 5.56 Å². The number of benzene rings is 2. The Balaban J connectivity index is 1.83. The van der Waals surface area contributed by atoms with Crippen LogP contribution in [0, 0.1) is 0 Å². The molecule has 5 nitrogen and oxygen atoms in total. The number of aliphatic imine (C=N–C) groups is 1. The monoisotopic (exact) mass is 315 g/mol. The summed E-state index contributed by atoms with van der Waals surface area (Å²) in [6.07, 6.45) is 3.31. The van der Waals surface area contributed by atoms with Gasteiger partial charge >= 0.3 is 0 Å². The van der Waals surface area contributed by atoms with E-state index in [1.807, 2.05) is 36.4 Å². The highest BCUT2D eigenvalue weighted by Gasteiger charge is 2.08. The fourth-order valence-corrected chi connectivity index (χ4v) is 2.70. The third-order valence-electron chi connectivity index (χ3n) is 3.88. The number of H-pyrrole nitrogens is 1. The number of nitrogens with zero attached hydrogens (tertiary/aromatic N) is 2.